The van der Waals surface area contributed by atoms with Crippen molar-refractivity contribution >= 4 is 11.6 Å². The standard InChI is InChI=1S/C9H13ClN2/c1-2-3-8(10)6-9-4-5-11-7-12-9/h4-5,7-8H,2-3,6H2,1H3. The summed E-state index contributed by atoms with van der Waals surface area (Å²) in [7, 11) is 0. The van der Waals surface area contributed by atoms with E-state index >= 15 is 0 Å². The smallest absolute Gasteiger partial charge is 0.115 e. The molecule has 1 aromatic heterocycles. The average Bonchev–Trinajstić information content (AvgIpc) is 2.06. The Morgan fingerprint density at radius 2 is 2.42 bits per heavy atom. The van der Waals surface area contributed by atoms with Crippen LogP contribution in [-0.4, -0.2) is 15.3 Å². The van der Waals surface area contributed by atoms with Crippen molar-refractivity contribution in [2.24, 2.45) is 0 Å². The van der Waals surface area contributed by atoms with Crippen molar-refractivity contribution in [2.45, 2.75) is 31.6 Å². The summed E-state index contributed by atoms with van der Waals surface area (Å²) in [6, 6.07) is 1.91. The van der Waals surface area contributed by atoms with E-state index in [1.165, 1.54) is 0 Å². The zero-order valence-electron chi connectivity index (χ0n) is 7.20. The minimum absolute atomic E-state index is 0.213. The predicted octanol–water partition coefficient (Wildman–Crippen LogP) is 2.43. The summed E-state index contributed by atoms with van der Waals surface area (Å²) >= 11 is 6.06. The summed E-state index contributed by atoms with van der Waals surface area (Å²) in [5.41, 5.74) is 1.03. The van der Waals surface area contributed by atoms with Gasteiger partial charge in [0.2, 0.25) is 0 Å². The molecular formula is C9H13ClN2. The maximum absolute atomic E-state index is 6.06. The van der Waals surface area contributed by atoms with Crippen molar-refractivity contribution in [3.05, 3.63) is 24.3 Å². The second kappa shape index (κ2) is 5.09. The Bertz CT molecular complexity index is 213. The number of halogens is 1. The van der Waals surface area contributed by atoms with Gasteiger partial charge in [-0.05, 0) is 12.5 Å². The summed E-state index contributed by atoms with van der Waals surface area (Å²) in [4.78, 5) is 7.95. The van der Waals surface area contributed by atoms with Gasteiger partial charge in [-0.3, -0.25) is 0 Å². The Morgan fingerprint density at radius 3 is 3.00 bits per heavy atom. The number of hydrogen-bond donors (Lipinski definition) is 0. The van der Waals surface area contributed by atoms with Crippen LogP contribution in [-0.2, 0) is 6.42 Å². The fraction of sp³-hybridized carbons (Fsp3) is 0.556. The molecule has 1 aromatic rings. The molecule has 1 atom stereocenters. The fourth-order valence-electron chi connectivity index (χ4n) is 1.08. The van der Waals surface area contributed by atoms with Crippen LogP contribution in [0.15, 0.2) is 18.6 Å². The molecule has 2 nitrogen and oxygen atoms in total. The normalized spacial score (nSPS) is 12.8. The van der Waals surface area contributed by atoms with Crippen LogP contribution in [0.4, 0.5) is 0 Å². The van der Waals surface area contributed by atoms with Gasteiger partial charge in [-0.2, -0.15) is 0 Å². The van der Waals surface area contributed by atoms with E-state index in [0.29, 0.717) is 0 Å². The van der Waals surface area contributed by atoms with E-state index in [4.69, 9.17) is 11.6 Å². The highest BCUT2D eigenvalue weighted by Crippen LogP contribution is 2.10. The molecule has 1 unspecified atom stereocenters. The molecule has 0 aromatic carbocycles. The molecule has 1 rings (SSSR count). The first-order chi connectivity index (χ1) is 5.83. The van der Waals surface area contributed by atoms with Gasteiger partial charge in [-0.25, -0.2) is 9.97 Å². The van der Waals surface area contributed by atoms with Gasteiger partial charge in [0.05, 0.1) is 0 Å². The Kier molecular flexibility index (Phi) is 4.01. The second-order valence-electron chi connectivity index (χ2n) is 2.79. The van der Waals surface area contributed by atoms with Crippen LogP contribution >= 0.6 is 11.6 Å². The zero-order valence-corrected chi connectivity index (χ0v) is 7.96. The van der Waals surface area contributed by atoms with Gasteiger partial charge >= 0.3 is 0 Å². The molecule has 0 spiro atoms. The molecule has 0 bridgehead atoms. The topological polar surface area (TPSA) is 25.8 Å². The Hall–Kier alpha value is -0.630. The quantitative estimate of drug-likeness (QED) is 0.672. The molecule has 0 amide bonds. The van der Waals surface area contributed by atoms with E-state index in [2.05, 4.69) is 16.9 Å². The van der Waals surface area contributed by atoms with Crippen LogP contribution in [0.5, 0.6) is 0 Å². The fourth-order valence-corrected chi connectivity index (χ4v) is 1.46. The summed E-state index contributed by atoms with van der Waals surface area (Å²) in [6.45, 7) is 2.13. The predicted molar refractivity (Wildman–Crippen MR) is 50.3 cm³/mol. The minimum Gasteiger partial charge on any atom is -0.245 e. The molecule has 12 heavy (non-hydrogen) atoms. The summed E-state index contributed by atoms with van der Waals surface area (Å²) in [5.74, 6) is 0. The molecule has 0 aliphatic rings. The lowest BCUT2D eigenvalue weighted by Crippen LogP contribution is -2.04. The molecular weight excluding hydrogens is 172 g/mol. The number of aromatic nitrogens is 2. The van der Waals surface area contributed by atoms with E-state index in [1.54, 1.807) is 12.5 Å². The van der Waals surface area contributed by atoms with Crippen molar-refractivity contribution in [3.63, 3.8) is 0 Å². The molecule has 0 radical (unpaired) electrons. The molecule has 0 saturated heterocycles. The SMILES string of the molecule is CCCC(Cl)Cc1ccncn1. The lowest BCUT2D eigenvalue weighted by atomic mass is 10.1. The van der Waals surface area contributed by atoms with Gasteiger partial charge < -0.3 is 0 Å². The second-order valence-corrected chi connectivity index (χ2v) is 3.41. The minimum atomic E-state index is 0.213. The molecule has 66 valence electrons. The molecule has 0 fully saturated rings. The van der Waals surface area contributed by atoms with Crippen molar-refractivity contribution < 1.29 is 0 Å². The Labute approximate surface area is 78.0 Å². The maximum atomic E-state index is 6.06. The van der Waals surface area contributed by atoms with Gasteiger partial charge in [-0.15, -0.1) is 11.6 Å². The van der Waals surface area contributed by atoms with Gasteiger partial charge in [0.15, 0.2) is 0 Å². The molecule has 3 heteroatoms. The van der Waals surface area contributed by atoms with E-state index in [9.17, 15) is 0 Å². The third kappa shape index (κ3) is 3.18. The monoisotopic (exact) mass is 184 g/mol. The highest BCUT2D eigenvalue weighted by molar-refractivity contribution is 6.20. The van der Waals surface area contributed by atoms with Crippen LogP contribution in [0.2, 0.25) is 0 Å². The summed E-state index contributed by atoms with van der Waals surface area (Å²) < 4.78 is 0. The molecule has 0 aliphatic carbocycles. The highest BCUT2D eigenvalue weighted by Gasteiger charge is 2.04. The van der Waals surface area contributed by atoms with Gasteiger partial charge in [0, 0.05) is 23.7 Å². The summed E-state index contributed by atoms with van der Waals surface area (Å²) in [5, 5.41) is 0.213. The van der Waals surface area contributed by atoms with Crippen LogP contribution in [0, 0.1) is 0 Å². The van der Waals surface area contributed by atoms with Crippen molar-refractivity contribution in [3.8, 4) is 0 Å². The zero-order chi connectivity index (χ0) is 8.81. The molecule has 0 aliphatic heterocycles. The lowest BCUT2D eigenvalue weighted by Gasteiger charge is -2.05. The van der Waals surface area contributed by atoms with Gasteiger partial charge in [-0.1, -0.05) is 13.3 Å². The molecule has 0 N–H and O–H groups in total. The van der Waals surface area contributed by atoms with Crippen molar-refractivity contribution in [1.29, 1.82) is 0 Å². The highest BCUT2D eigenvalue weighted by atomic mass is 35.5. The van der Waals surface area contributed by atoms with Crippen molar-refractivity contribution in [1.82, 2.24) is 9.97 Å². The van der Waals surface area contributed by atoms with E-state index in [0.717, 1.165) is 25.0 Å². The first kappa shape index (κ1) is 9.46. The van der Waals surface area contributed by atoms with Crippen LogP contribution in [0.1, 0.15) is 25.5 Å². The number of alkyl halides is 1. The lowest BCUT2D eigenvalue weighted by molar-refractivity contribution is 0.714. The van der Waals surface area contributed by atoms with Crippen LogP contribution in [0.25, 0.3) is 0 Å². The molecule has 0 saturated carbocycles. The first-order valence-electron chi connectivity index (χ1n) is 4.22. The van der Waals surface area contributed by atoms with E-state index < -0.39 is 0 Å². The number of nitrogens with zero attached hydrogens (tertiary/aromatic N) is 2. The maximum Gasteiger partial charge on any atom is 0.115 e. The third-order valence-electron chi connectivity index (χ3n) is 1.68. The first-order valence-corrected chi connectivity index (χ1v) is 4.65. The average molecular weight is 185 g/mol. The van der Waals surface area contributed by atoms with Crippen molar-refractivity contribution in [2.75, 3.05) is 0 Å². The third-order valence-corrected chi connectivity index (χ3v) is 2.05. The largest absolute Gasteiger partial charge is 0.245 e. The molecule has 1 heterocycles. The van der Waals surface area contributed by atoms with Crippen LogP contribution < -0.4 is 0 Å². The van der Waals surface area contributed by atoms with Gasteiger partial charge in [0.25, 0.3) is 0 Å². The van der Waals surface area contributed by atoms with Gasteiger partial charge in [0.1, 0.15) is 6.33 Å². The Morgan fingerprint density at radius 1 is 1.58 bits per heavy atom. The Balaban J connectivity index is 2.41. The van der Waals surface area contributed by atoms with E-state index in [-0.39, 0.29) is 5.38 Å². The number of rotatable bonds is 4. The van der Waals surface area contributed by atoms with E-state index in [1.807, 2.05) is 6.07 Å². The van der Waals surface area contributed by atoms with Crippen LogP contribution in [0.3, 0.4) is 0 Å². The summed E-state index contributed by atoms with van der Waals surface area (Å²) in [6.07, 6.45) is 6.32. The number of hydrogen-bond acceptors (Lipinski definition) is 2.